The minimum atomic E-state index is -0.207. The van der Waals surface area contributed by atoms with Crippen LogP contribution in [0, 0.1) is 23.2 Å². The van der Waals surface area contributed by atoms with E-state index >= 15 is 0 Å². The molecule has 0 aromatic rings. The van der Waals surface area contributed by atoms with E-state index in [9.17, 15) is 9.90 Å². The predicted octanol–water partition coefficient (Wildman–Crippen LogP) is 3.32. The van der Waals surface area contributed by atoms with Gasteiger partial charge in [0.05, 0.1) is 0 Å². The number of esters is 1. The Balaban J connectivity index is 2.14. The zero-order chi connectivity index (χ0) is 14.9. The number of rotatable bonds is 3. The number of hydrogen-bond donors (Lipinski definition) is 1. The van der Waals surface area contributed by atoms with Crippen molar-refractivity contribution in [1.82, 2.24) is 0 Å². The molecule has 3 heteroatoms. The van der Waals surface area contributed by atoms with E-state index in [0.717, 1.165) is 19.3 Å². The van der Waals surface area contributed by atoms with Crippen molar-refractivity contribution in [3.63, 3.8) is 0 Å². The summed E-state index contributed by atoms with van der Waals surface area (Å²) in [6, 6.07) is 0. The molecule has 0 saturated heterocycles. The number of carbonyl (C=O) groups is 1. The summed E-state index contributed by atoms with van der Waals surface area (Å²) in [5.74, 6) is 1.12. The first-order valence-corrected chi connectivity index (χ1v) is 7.82. The lowest BCUT2D eigenvalue weighted by atomic mass is 9.58. The van der Waals surface area contributed by atoms with Crippen molar-refractivity contribution in [2.24, 2.45) is 23.2 Å². The van der Waals surface area contributed by atoms with Gasteiger partial charge in [0.15, 0.2) is 0 Å². The van der Waals surface area contributed by atoms with Crippen molar-refractivity contribution in [2.75, 3.05) is 6.61 Å². The summed E-state index contributed by atoms with van der Waals surface area (Å²) in [4.78, 5) is 11.2. The molecule has 2 aliphatic carbocycles. The molecule has 114 valence electrons. The van der Waals surface area contributed by atoms with Gasteiger partial charge in [0, 0.05) is 13.5 Å². The van der Waals surface area contributed by atoms with Crippen LogP contribution >= 0.6 is 0 Å². The molecule has 2 aliphatic rings. The maximum Gasteiger partial charge on any atom is 0.302 e. The third kappa shape index (κ3) is 2.78. The smallest absolute Gasteiger partial charge is 0.302 e. The minimum Gasteiger partial charge on any atom is -0.463 e. The minimum absolute atomic E-state index is 0.0193. The Morgan fingerprint density at radius 1 is 1.40 bits per heavy atom. The monoisotopic (exact) mass is 280 g/mol. The predicted molar refractivity (Wildman–Crippen MR) is 79.1 cm³/mol. The molecule has 1 spiro atoms. The largest absolute Gasteiger partial charge is 0.463 e. The van der Waals surface area contributed by atoms with E-state index in [2.05, 4.69) is 20.4 Å². The average molecular weight is 280 g/mol. The molecule has 0 amide bonds. The Hall–Kier alpha value is -0.830. The highest BCUT2D eigenvalue weighted by Gasteiger charge is 2.52. The number of aliphatic hydroxyl groups excluding tert-OH is 1. The lowest BCUT2D eigenvalue weighted by molar-refractivity contribution is -0.154. The van der Waals surface area contributed by atoms with Gasteiger partial charge in [-0.05, 0) is 62.2 Å². The summed E-state index contributed by atoms with van der Waals surface area (Å²) in [5.41, 5.74) is 1.49. The van der Waals surface area contributed by atoms with Gasteiger partial charge in [-0.2, -0.15) is 0 Å². The first-order valence-electron chi connectivity index (χ1n) is 7.82. The third-order valence-corrected chi connectivity index (χ3v) is 5.79. The fourth-order valence-electron chi connectivity index (χ4n) is 4.61. The standard InChI is InChI=1S/C17H28O3/c1-11(2)14-5-6-17(9-14)12(3)7-16(20-13(4)19)8-15(17)10-18/h12,14-16,18H,1,5-10H2,2-4H3/t12-,14-,15-,16+,17+/m1/s1. The van der Waals surface area contributed by atoms with Crippen LogP contribution in [0.3, 0.4) is 0 Å². The van der Waals surface area contributed by atoms with Gasteiger partial charge in [0.25, 0.3) is 0 Å². The molecule has 0 unspecified atom stereocenters. The van der Waals surface area contributed by atoms with E-state index in [1.165, 1.54) is 25.3 Å². The van der Waals surface area contributed by atoms with Gasteiger partial charge < -0.3 is 9.84 Å². The van der Waals surface area contributed by atoms with Crippen LogP contribution in [-0.4, -0.2) is 23.8 Å². The first kappa shape index (κ1) is 15.6. The molecule has 2 saturated carbocycles. The van der Waals surface area contributed by atoms with Crippen molar-refractivity contribution in [1.29, 1.82) is 0 Å². The molecule has 2 fully saturated rings. The molecule has 0 radical (unpaired) electrons. The molecule has 0 heterocycles. The Morgan fingerprint density at radius 3 is 2.60 bits per heavy atom. The number of ether oxygens (including phenoxy) is 1. The lowest BCUT2D eigenvalue weighted by Crippen LogP contribution is -2.45. The summed E-state index contributed by atoms with van der Waals surface area (Å²) >= 11 is 0. The normalized spacial score (nSPS) is 40.8. The number of hydrogen-bond acceptors (Lipinski definition) is 3. The highest BCUT2D eigenvalue weighted by atomic mass is 16.5. The molecular weight excluding hydrogens is 252 g/mol. The van der Waals surface area contributed by atoms with Crippen LogP contribution in [0.5, 0.6) is 0 Å². The van der Waals surface area contributed by atoms with Gasteiger partial charge in [0.1, 0.15) is 6.10 Å². The number of allylic oxidation sites excluding steroid dienone is 1. The Bertz CT molecular complexity index is 390. The molecular formula is C17H28O3. The molecule has 0 aliphatic heterocycles. The van der Waals surface area contributed by atoms with E-state index in [0.29, 0.717) is 11.8 Å². The van der Waals surface area contributed by atoms with Gasteiger partial charge in [-0.15, -0.1) is 0 Å². The molecule has 1 N–H and O–H groups in total. The van der Waals surface area contributed by atoms with Gasteiger partial charge in [0.2, 0.25) is 0 Å². The van der Waals surface area contributed by atoms with Crippen LogP contribution in [0.1, 0.15) is 52.9 Å². The van der Waals surface area contributed by atoms with Crippen molar-refractivity contribution in [3.8, 4) is 0 Å². The summed E-state index contributed by atoms with van der Waals surface area (Å²) in [5, 5.41) is 9.85. The molecule has 2 rings (SSSR count). The second-order valence-corrected chi connectivity index (χ2v) is 7.00. The maximum absolute atomic E-state index is 11.2. The van der Waals surface area contributed by atoms with E-state index in [1.807, 2.05) is 0 Å². The van der Waals surface area contributed by atoms with Gasteiger partial charge in [-0.25, -0.2) is 0 Å². The van der Waals surface area contributed by atoms with E-state index in [-0.39, 0.29) is 30.0 Å². The zero-order valence-corrected chi connectivity index (χ0v) is 13.0. The summed E-state index contributed by atoms with van der Waals surface area (Å²) in [7, 11) is 0. The highest BCUT2D eigenvalue weighted by Crippen LogP contribution is 2.58. The van der Waals surface area contributed by atoms with Gasteiger partial charge in [-0.3, -0.25) is 4.79 Å². The van der Waals surface area contributed by atoms with Crippen LogP contribution in [0.15, 0.2) is 12.2 Å². The maximum atomic E-state index is 11.2. The molecule has 0 bridgehead atoms. The third-order valence-electron chi connectivity index (χ3n) is 5.79. The fourth-order valence-corrected chi connectivity index (χ4v) is 4.61. The summed E-state index contributed by atoms with van der Waals surface area (Å²) in [6.45, 7) is 10.2. The van der Waals surface area contributed by atoms with E-state index < -0.39 is 0 Å². The molecule has 5 atom stereocenters. The topological polar surface area (TPSA) is 46.5 Å². The molecule has 0 aromatic carbocycles. The van der Waals surface area contributed by atoms with Crippen LogP contribution in [0.4, 0.5) is 0 Å². The fraction of sp³-hybridized carbons (Fsp3) is 0.824. The van der Waals surface area contributed by atoms with Gasteiger partial charge >= 0.3 is 5.97 Å². The Labute approximate surface area is 122 Å². The van der Waals surface area contributed by atoms with Crippen LogP contribution in [0.2, 0.25) is 0 Å². The molecule has 20 heavy (non-hydrogen) atoms. The second-order valence-electron chi connectivity index (χ2n) is 7.00. The van der Waals surface area contributed by atoms with Crippen molar-refractivity contribution in [2.45, 2.75) is 59.0 Å². The number of carbonyl (C=O) groups excluding carboxylic acids is 1. The first-order chi connectivity index (χ1) is 9.39. The zero-order valence-electron chi connectivity index (χ0n) is 13.0. The molecule has 0 aromatic heterocycles. The lowest BCUT2D eigenvalue weighted by Gasteiger charge is -2.48. The summed E-state index contributed by atoms with van der Waals surface area (Å²) in [6.07, 6.45) is 5.22. The van der Waals surface area contributed by atoms with Gasteiger partial charge in [-0.1, -0.05) is 19.1 Å². The SMILES string of the molecule is C=C(C)[C@@H]1CC[C@@]2(C1)[C@@H](CO)C[C@@H](OC(C)=O)C[C@H]2C. The average Bonchev–Trinajstić information content (AvgIpc) is 2.79. The van der Waals surface area contributed by atoms with E-state index in [4.69, 9.17) is 4.74 Å². The van der Waals surface area contributed by atoms with Crippen LogP contribution in [0.25, 0.3) is 0 Å². The number of aliphatic hydroxyl groups is 1. The van der Waals surface area contributed by atoms with Crippen molar-refractivity contribution >= 4 is 5.97 Å². The van der Waals surface area contributed by atoms with Crippen molar-refractivity contribution < 1.29 is 14.6 Å². The van der Waals surface area contributed by atoms with Crippen molar-refractivity contribution in [3.05, 3.63) is 12.2 Å². The Kier molecular flexibility index (Phi) is 4.58. The quantitative estimate of drug-likeness (QED) is 0.637. The Morgan fingerprint density at radius 2 is 2.10 bits per heavy atom. The highest BCUT2D eigenvalue weighted by molar-refractivity contribution is 5.66. The van der Waals surface area contributed by atoms with Crippen LogP contribution < -0.4 is 0 Å². The van der Waals surface area contributed by atoms with Crippen LogP contribution in [-0.2, 0) is 9.53 Å². The summed E-state index contributed by atoms with van der Waals surface area (Å²) < 4.78 is 5.40. The molecule has 3 nitrogen and oxygen atoms in total. The van der Waals surface area contributed by atoms with E-state index in [1.54, 1.807) is 0 Å². The second kappa shape index (κ2) is 5.88.